The van der Waals surface area contributed by atoms with Gasteiger partial charge in [0, 0.05) is 6.42 Å². The third-order valence-corrected chi connectivity index (χ3v) is 3.15. The molecule has 84 valence electrons. The molecule has 0 aliphatic carbocycles. The smallest absolute Gasteiger partial charge is 0.293 e. The molecule has 5 heteroatoms. The number of rotatable bonds is 7. The fraction of sp³-hybridized carbons (Fsp3) is 0.600. The number of hydrogen-bond acceptors (Lipinski definition) is 3. The van der Waals surface area contributed by atoms with Gasteiger partial charge in [0.1, 0.15) is 9.80 Å². The Labute approximate surface area is 103 Å². The summed E-state index contributed by atoms with van der Waals surface area (Å²) in [5.74, 6) is 0. The highest BCUT2D eigenvalue weighted by Crippen LogP contribution is 2.13. The maximum absolute atomic E-state index is 10.3. The van der Waals surface area contributed by atoms with E-state index in [1.54, 1.807) is 6.33 Å². The van der Waals surface area contributed by atoms with Crippen LogP contribution < -0.4 is 0 Å². The Morgan fingerprint density at radius 1 is 1.73 bits per heavy atom. The molecule has 0 saturated heterocycles. The Bertz CT molecular complexity index is 301. The van der Waals surface area contributed by atoms with Crippen molar-refractivity contribution in [3.8, 4) is 0 Å². The second-order valence-electron chi connectivity index (χ2n) is 3.37. The Balaban J connectivity index is 2.50. The molecule has 0 bridgehead atoms. The van der Waals surface area contributed by atoms with Crippen LogP contribution in [0.2, 0.25) is 0 Å². The molecule has 1 unspecified atom stereocenters. The molecule has 0 amide bonds. The van der Waals surface area contributed by atoms with E-state index in [1.807, 2.05) is 0 Å². The molecule has 1 rings (SSSR count). The molecular weight excluding hydrogens is 307 g/mol. The van der Waals surface area contributed by atoms with E-state index in [4.69, 9.17) is 4.74 Å². The minimum absolute atomic E-state index is 0.0311. The van der Waals surface area contributed by atoms with E-state index in [1.165, 1.54) is 0 Å². The van der Waals surface area contributed by atoms with E-state index < -0.39 is 0 Å². The van der Waals surface area contributed by atoms with Crippen molar-refractivity contribution < 1.29 is 9.53 Å². The van der Waals surface area contributed by atoms with Gasteiger partial charge < -0.3 is 9.72 Å². The molecule has 4 nitrogen and oxygen atoms in total. The van der Waals surface area contributed by atoms with Crippen LogP contribution in [0.25, 0.3) is 0 Å². The maximum Gasteiger partial charge on any atom is 0.293 e. The molecule has 1 N–H and O–H groups in total. The summed E-state index contributed by atoms with van der Waals surface area (Å²) in [6, 6.07) is 0. The predicted octanol–water partition coefficient (Wildman–Crippen LogP) is 2.29. The first kappa shape index (κ1) is 12.5. The van der Waals surface area contributed by atoms with Crippen LogP contribution in [-0.4, -0.2) is 22.5 Å². The summed E-state index contributed by atoms with van der Waals surface area (Å²) in [7, 11) is 0. The second-order valence-corrected chi connectivity index (χ2v) is 4.39. The molecule has 1 heterocycles. The van der Waals surface area contributed by atoms with Gasteiger partial charge in [-0.15, -0.1) is 0 Å². The number of nitrogens with one attached hydrogen (secondary N) is 1. The van der Waals surface area contributed by atoms with Gasteiger partial charge >= 0.3 is 0 Å². The lowest BCUT2D eigenvalue weighted by molar-refractivity contribution is -0.133. The van der Waals surface area contributed by atoms with E-state index in [0.717, 1.165) is 35.1 Å². The number of aromatic amines is 1. The number of aromatic nitrogens is 2. The molecular formula is C10H15IN2O2. The van der Waals surface area contributed by atoms with Gasteiger partial charge in [0.05, 0.1) is 12.0 Å². The number of hydrogen-bond donors (Lipinski definition) is 1. The number of carbonyl (C=O) groups is 1. The monoisotopic (exact) mass is 322 g/mol. The van der Waals surface area contributed by atoms with Crippen molar-refractivity contribution in [1.82, 2.24) is 9.97 Å². The number of halogens is 1. The summed E-state index contributed by atoms with van der Waals surface area (Å²) in [5, 5.41) is 0. The lowest BCUT2D eigenvalue weighted by Gasteiger charge is -2.13. The molecule has 0 saturated carbocycles. The highest BCUT2D eigenvalue weighted by molar-refractivity contribution is 14.1. The van der Waals surface area contributed by atoms with E-state index in [-0.39, 0.29) is 6.10 Å². The highest BCUT2D eigenvalue weighted by Gasteiger charge is 2.13. The van der Waals surface area contributed by atoms with Crippen LogP contribution in [0.15, 0.2) is 6.33 Å². The molecule has 0 aliphatic heterocycles. The minimum Gasteiger partial charge on any atom is -0.464 e. The number of unbranched alkanes of at least 4 members (excludes halogenated alkanes) is 1. The van der Waals surface area contributed by atoms with Crippen molar-refractivity contribution in [3.63, 3.8) is 0 Å². The van der Waals surface area contributed by atoms with Crippen molar-refractivity contribution in [1.29, 1.82) is 0 Å². The van der Waals surface area contributed by atoms with E-state index in [2.05, 4.69) is 39.5 Å². The zero-order valence-corrected chi connectivity index (χ0v) is 10.9. The van der Waals surface area contributed by atoms with Gasteiger partial charge in [-0.3, -0.25) is 4.79 Å². The van der Waals surface area contributed by atoms with Gasteiger partial charge in [-0.2, -0.15) is 0 Å². The van der Waals surface area contributed by atoms with Gasteiger partial charge in [0.25, 0.3) is 6.47 Å². The molecule has 0 spiro atoms. The molecule has 1 aromatic rings. The van der Waals surface area contributed by atoms with Crippen LogP contribution in [0.4, 0.5) is 0 Å². The number of carbonyl (C=O) groups excluding carboxylic acids is 1. The van der Waals surface area contributed by atoms with Crippen molar-refractivity contribution in [2.45, 2.75) is 38.7 Å². The van der Waals surface area contributed by atoms with Crippen LogP contribution in [0.3, 0.4) is 0 Å². The standard InChI is InChI=1S/C10H15IN2O2/c1-2-3-4-8(15-7-14)5-9-10(11)13-6-12-9/h6-8H,2-5H2,1H3,(H,12,13). The number of H-pyrrole nitrogens is 1. The summed E-state index contributed by atoms with van der Waals surface area (Å²) in [6.45, 7) is 2.65. The van der Waals surface area contributed by atoms with Crippen molar-refractivity contribution in [2.24, 2.45) is 0 Å². The fourth-order valence-electron chi connectivity index (χ4n) is 1.40. The van der Waals surface area contributed by atoms with E-state index >= 15 is 0 Å². The summed E-state index contributed by atoms with van der Waals surface area (Å²) < 4.78 is 5.99. The number of ether oxygens (including phenoxy) is 1. The molecule has 1 atom stereocenters. The van der Waals surface area contributed by atoms with Gasteiger partial charge in [-0.1, -0.05) is 19.8 Å². The Hall–Kier alpha value is -0.590. The first-order chi connectivity index (χ1) is 7.27. The van der Waals surface area contributed by atoms with Crippen molar-refractivity contribution in [2.75, 3.05) is 0 Å². The van der Waals surface area contributed by atoms with E-state index in [9.17, 15) is 4.79 Å². The topological polar surface area (TPSA) is 55.0 Å². The lowest BCUT2D eigenvalue weighted by Crippen LogP contribution is -2.16. The van der Waals surface area contributed by atoms with Crippen LogP contribution >= 0.6 is 22.6 Å². The van der Waals surface area contributed by atoms with Crippen molar-refractivity contribution >= 4 is 29.1 Å². The Kier molecular flexibility index (Phi) is 5.67. The fourth-order valence-corrected chi connectivity index (χ4v) is 1.92. The lowest BCUT2D eigenvalue weighted by atomic mass is 10.1. The third kappa shape index (κ3) is 4.19. The Morgan fingerprint density at radius 2 is 2.53 bits per heavy atom. The minimum atomic E-state index is -0.0311. The molecule has 0 radical (unpaired) electrons. The van der Waals surface area contributed by atoms with Gasteiger partial charge in [0.15, 0.2) is 0 Å². The third-order valence-electron chi connectivity index (χ3n) is 2.23. The number of imidazole rings is 1. The maximum atomic E-state index is 10.3. The molecule has 0 aromatic carbocycles. The number of nitrogens with zero attached hydrogens (tertiary/aromatic N) is 1. The summed E-state index contributed by atoms with van der Waals surface area (Å²) in [5.41, 5.74) is 1.04. The molecule has 0 aliphatic rings. The van der Waals surface area contributed by atoms with Crippen molar-refractivity contribution in [3.05, 3.63) is 15.7 Å². The quantitative estimate of drug-likeness (QED) is 0.619. The zero-order chi connectivity index (χ0) is 11.1. The van der Waals surface area contributed by atoms with Gasteiger partial charge in [-0.05, 0) is 29.0 Å². The summed E-state index contributed by atoms with van der Waals surface area (Å²) >= 11 is 2.17. The first-order valence-electron chi connectivity index (χ1n) is 5.04. The average molecular weight is 322 g/mol. The Morgan fingerprint density at radius 3 is 3.07 bits per heavy atom. The van der Waals surface area contributed by atoms with Crippen LogP contribution in [-0.2, 0) is 16.0 Å². The second kappa shape index (κ2) is 6.81. The molecule has 0 fully saturated rings. The van der Waals surface area contributed by atoms with E-state index in [0.29, 0.717) is 6.47 Å². The molecule has 15 heavy (non-hydrogen) atoms. The average Bonchev–Trinajstić information content (AvgIpc) is 2.61. The predicted molar refractivity (Wildman–Crippen MR) is 65.5 cm³/mol. The molecule has 1 aromatic heterocycles. The van der Waals surface area contributed by atoms with Crippen LogP contribution in [0.1, 0.15) is 31.9 Å². The van der Waals surface area contributed by atoms with Crippen LogP contribution in [0, 0.1) is 3.70 Å². The SMILES string of the molecule is CCCCC(Cc1[nH]cnc1I)OC=O. The normalized spacial score (nSPS) is 12.4. The summed E-state index contributed by atoms with van der Waals surface area (Å²) in [4.78, 5) is 17.5. The van der Waals surface area contributed by atoms with Gasteiger partial charge in [-0.25, -0.2) is 4.98 Å². The first-order valence-corrected chi connectivity index (χ1v) is 6.12. The van der Waals surface area contributed by atoms with Crippen LogP contribution in [0.5, 0.6) is 0 Å². The zero-order valence-electron chi connectivity index (χ0n) is 8.70. The van der Waals surface area contributed by atoms with Gasteiger partial charge in [0.2, 0.25) is 0 Å². The summed E-state index contributed by atoms with van der Waals surface area (Å²) in [6.07, 6.45) is 5.44. The largest absolute Gasteiger partial charge is 0.464 e. The highest BCUT2D eigenvalue weighted by atomic mass is 127.